The summed E-state index contributed by atoms with van der Waals surface area (Å²) in [5.74, 6) is 0.343. The molecule has 3 heterocycles. The van der Waals surface area contributed by atoms with Gasteiger partial charge >= 0.3 is 0 Å². The van der Waals surface area contributed by atoms with E-state index in [9.17, 15) is 19.7 Å². The number of rotatable bonds is 5. The monoisotopic (exact) mass is 432 g/mol. The highest BCUT2D eigenvalue weighted by atomic mass is 32.2. The van der Waals surface area contributed by atoms with Crippen molar-refractivity contribution < 1.29 is 18.9 Å². The summed E-state index contributed by atoms with van der Waals surface area (Å²) in [6.45, 7) is 1.86. The predicted molar refractivity (Wildman–Crippen MR) is 108 cm³/mol. The normalized spacial score (nSPS) is 14.3. The molecule has 2 aromatic heterocycles. The molecule has 1 aromatic carbocycles. The Morgan fingerprint density at radius 3 is 2.66 bits per heavy atom. The number of non-ortho nitro benzene ring substituents is 1. The van der Waals surface area contributed by atoms with Crippen molar-refractivity contribution >= 4 is 50.8 Å². The van der Waals surface area contributed by atoms with Crippen LogP contribution < -0.4 is 0 Å². The van der Waals surface area contributed by atoms with E-state index < -0.39 is 4.92 Å². The van der Waals surface area contributed by atoms with Crippen molar-refractivity contribution in [1.82, 2.24) is 14.8 Å². The molecule has 29 heavy (non-hydrogen) atoms. The van der Waals surface area contributed by atoms with Crippen molar-refractivity contribution in [3.63, 3.8) is 0 Å². The number of nitro benzene ring substituents is 1. The number of aromatic nitrogens is 1. The first-order chi connectivity index (χ1) is 14.0. The lowest BCUT2D eigenvalue weighted by atomic mass is 10.3. The van der Waals surface area contributed by atoms with Crippen LogP contribution in [0.1, 0.15) is 10.6 Å². The van der Waals surface area contributed by atoms with Gasteiger partial charge in [-0.15, -0.1) is 11.3 Å². The van der Waals surface area contributed by atoms with Crippen molar-refractivity contribution in [1.29, 1.82) is 0 Å². The zero-order valence-corrected chi connectivity index (χ0v) is 16.8. The Morgan fingerprint density at radius 1 is 1.21 bits per heavy atom. The molecule has 0 aliphatic carbocycles. The van der Waals surface area contributed by atoms with E-state index in [-0.39, 0.29) is 23.3 Å². The summed E-state index contributed by atoms with van der Waals surface area (Å²) in [6.07, 6.45) is 1.46. The van der Waals surface area contributed by atoms with Crippen LogP contribution in [0, 0.1) is 10.1 Å². The van der Waals surface area contributed by atoms with Gasteiger partial charge in [0.15, 0.2) is 10.1 Å². The lowest BCUT2D eigenvalue weighted by Crippen LogP contribution is -2.51. The standard InChI is InChI=1S/C18H16N4O5S2/c23-16(20-5-7-21(8-6-20)17(24)14-2-1-9-27-14)11-28-18-19-13-4-3-12(22(25)26)10-15(13)29-18/h1-4,9-10H,5-8,11H2. The predicted octanol–water partition coefficient (Wildman–Crippen LogP) is 2.87. The van der Waals surface area contributed by atoms with Gasteiger partial charge in [-0.3, -0.25) is 19.7 Å². The van der Waals surface area contributed by atoms with E-state index in [4.69, 9.17) is 4.42 Å². The Balaban J connectivity index is 1.31. The van der Waals surface area contributed by atoms with Crippen LogP contribution in [0.5, 0.6) is 0 Å². The summed E-state index contributed by atoms with van der Waals surface area (Å²) in [7, 11) is 0. The van der Waals surface area contributed by atoms with Crippen molar-refractivity contribution in [3.05, 3.63) is 52.5 Å². The SMILES string of the molecule is O=C(CSc1nc2ccc([N+](=O)[O-])cc2s1)N1CCN(C(=O)c2ccco2)CC1. The number of thiazole rings is 1. The summed E-state index contributed by atoms with van der Waals surface area (Å²) < 4.78 is 6.55. The number of carbonyl (C=O) groups is 2. The fraction of sp³-hybridized carbons (Fsp3) is 0.278. The molecule has 0 bridgehead atoms. The maximum atomic E-state index is 12.5. The lowest BCUT2D eigenvalue weighted by molar-refractivity contribution is -0.384. The molecule has 0 N–H and O–H groups in total. The molecule has 9 nitrogen and oxygen atoms in total. The number of hydrogen-bond acceptors (Lipinski definition) is 8. The molecular weight excluding hydrogens is 416 g/mol. The topological polar surface area (TPSA) is 110 Å². The number of thioether (sulfide) groups is 1. The first-order valence-corrected chi connectivity index (χ1v) is 10.6. The van der Waals surface area contributed by atoms with Gasteiger partial charge in [0, 0.05) is 38.3 Å². The lowest BCUT2D eigenvalue weighted by Gasteiger charge is -2.34. The van der Waals surface area contributed by atoms with Crippen molar-refractivity contribution in [2.75, 3.05) is 31.9 Å². The van der Waals surface area contributed by atoms with E-state index >= 15 is 0 Å². The quantitative estimate of drug-likeness (QED) is 0.346. The highest BCUT2D eigenvalue weighted by molar-refractivity contribution is 8.01. The van der Waals surface area contributed by atoms with Crippen molar-refractivity contribution in [2.45, 2.75) is 4.34 Å². The average Bonchev–Trinajstić information content (AvgIpc) is 3.40. The molecule has 150 valence electrons. The fourth-order valence-corrected chi connectivity index (χ4v) is 5.00. The summed E-state index contributed by atoms with van der Waals surface area (Å²) in [4.78, 5) is 43.0. The maximum Gasteiger partial charge on any atom is 0.289 e. The number of furan rings is 1. The molecule has 1 saturated heterocycles. The molecular formula is C18H16N4O5S2. The first kappa shape index (κ1) is 19.4. The number of amides is 2. The zero-order chi connectivity index (χ0) is 20.4. The van der Waals surface area contributed by atoms with Gasteiger partial charge in [0.1, 0.15) is 0 Å². The van der Waals surface area contributed by atoms with E-state index in [1.807, 2.05) is 0 Å². The second-order valence-electron chi connectivity index (χ2n) is 6.33. The van der Waals surface area contributed by atoms with Crippen LogP contribution in [0.2, 0.25) is 0 Å². The number of nitro groups is 1. The van der Waals surface area contributed by atoms with Gasteiger partial charge in [0.05, 0.1) is 27.2 Å². The van der Waals surface area contributed by atoms with Crippen LogP contribution in [0.15, 0.2) is 45.4 Å². The Hall–Kier alpha value is -2.92. The Labute approximate surface area is 173 Å². The molecule has 1 aliphatic rings. The van der Waals surface area contributed by atoms with E-state index in [0.29, 0.717) is 41.8 Å². The molecule has 1 fully saturated rings. The minimum Gasteiger partial charge on any atom is -0.459 e. The third-order valence-corrected chi connectivity index (χ3v) is 6.68. The van der Waals surface area contributed by atoms with Crippen LogP contribution in [0.25, 0.3) is 10.2 Å². The van der Waals surface area contributed by atoms with Gasteiger partial charge in [-0.2, -0.15) is 0 Å². The number of nitrogens with zero attached hydrogens (tertiary/aromatic N) is 4. The maximum absolute atomic E-state index is 12.5. The van der Waals surface area contributed by atoms with Crippen LogP contribution in [-0.4, -0.2) is 63.5 Å². The van der Waals surface area contributed by atoms with Crippen LogP contribution in [-0.2, 0) is 4.79 Å². The second kappa shape index (κ2) is 8.21. The Morgan fingerprint density at radius 2 is 1.97 bits per heavy atom. The third-order valence-electron chi connectivity index (χ3n) is 4.53. The number of fused-ring (bicyclic) bond motifs is 1. The molecule has 0 unspecified atom stereocenters. The Bertz CT molecular complexity index is 1060. The molecule has 0 spiro atoms. The minimum absolute atomic E-state index is 0.0228. The highest BCUT2D eigenvalue weighted by Crippen LogP contribution is 2.32. The van der Waals surface area contributed by atoms with Crippen molar-refractivity contribution in [2.24, 2.45) is 0 Å². The van der Waals surface area contributed by atoms with Crippen molar-refractivity contribution in [3.8, 4) is 0 Å². The van der Waals surface area contributed by atoms with E-state index in [1.165, 1.54) is 41.5 Å². The van der Waals surface area contributed by atoms with Gasteiger partial charge in [-0.05, 0) is 18.2 Å². The molecule has 2 amide bonds. The molecule has 1 aliphatic heterocycles. The highest BCUT2D eigenvalue weighted by Gasteiger charge is 2.26. The fourth-order valence-electron chi connectivity index (χ4n) is 3.00. The van der Waals surface area contributed by atoms with Gasteiger partial charge < -0.3 is 14.2 Å². The van der Waals surface area contributed by atoms with E-state index in [0.717, 1.165) is 4.70 Å². The first-order valence-electron chi connectivity index (χ1n) is 8.79. The van der Waals surface area contributed by atoms with E-state index in [1.54, 1.807) is 28.0 Å². The number of piperazine rings is 1. The summed E-state index contributed by atoms with van der Waals surface area (Å²) >= 11 is 2.65. The molecule has 11 heteroatoms. The smallest absolute Gasteiger partial charge is 0.289 e. The van der Waals surface area contributed by atoms with Crippen LogP contribution in [0.4, 0.5) is 5.69 Å². The van der Waals surface area contributed by atoms with Gasteiger partial charge in [-0.1, -0.05) is 11.8 Å². The largest absolute Gasteiger partial charge is 0.459 e. The van der Waals surface area contributed by atoms with Gasteiger partial charge in [-0.25, -0.2) is 4.98 Å². The number of benzene rings is 1. The van der Waals surface area contributed by atoms with E-state index in [2.05, 4.69) is 4.98 Å². The molecule has 0 saturated carbocycles. The average molecular weight is 432 g/mol. The molecule has 0 radical (unpaired) electrons. The van der Waals surface area contributed by atoms with Crippen LogP contribution >= 0.6 is 23.1 Å². The van der Waals surface area contributed by atoms with Gasteiger partial charge in [0.2, 0.25) is 5.91 Å². The second-order valence-corrected chi connectivity index (χ2v) is 8.58. The summed E-state index contributed by atoms with van der Waals surface area (Å²) in [5.41, 5.74) is 0.705. The molecule has 0 atom stereocenters. The minimum atomic E-state index is -0.439. The Kier molecular flexibility index (Phi) is 5.49. The number of hydrogen-bond donors (Lipinski definition) is 0. The van der Waals surface area contributed by atoms with Crippen LogP contribution in [0.3, 0.4) is 0 Å². The zero-order valence-electron chi connectivity index (χ0n) is 15.1. The number of carbonyl (C=O) groups excluding carboxylic acids is 2. The molecule has 3 aromatic rings. The molecule has 4 rings (SSSR count). The third kappa shape index (κ3) is 4.25. The summed E-state index contributed by atoms with van der Waals surface area (Å²) in [5, 5.41) is 10.9. The van der Waals surface area contributed by atoms with Gasteiger partial charge in [0.25, 0.3) is 11.6 Å². The summed E-state index contributed by atoms with van der Waals surface area (Å²) in [6, 6.07) is 7.83.